The Bertz CT molecular complexity index is 1270. The number of pyridine rings is 1. The highest BCUT2D eigenvalue weighted by Gasteiger charge is 2.19. The Morgan fingerprint density at radius 2 is 1.83 bits per heavy atom. The number of para-hydroxylation sites is 2. The minimum atomic E-state index is -3.00. The van der Waals surface area contributed by atoms with Crippen molar-refractivity contribution in [1.82, 2.24) is 19.7 Å². The van der Waals surface area contributed by atoms with Crippen molar-refractivity contribution in [2.45, 2.75) is 18.7 Å². The summed E-state index contributed by atoms with van der Waals surface area (Å²) in [5.41, 5.74) is 1.53. The highest BCUT2D eigenvalue weighted by molar-refractivity contribution is 7.99. The van der Waals surface area contributed by atoms with Crippen LogP contribution < -0.4 is 14.8 Å². The fourth-order valence-corrected chi connectivity index (χ4v) is 3.95. The summed E-state index contributed by atoms with van der Waals surface area (Å²) in [6, 6.07) is 18.9. The molecule has 0 radical (unpaired) electrons. The molecule has 8 nitrogen and oxygen atoms in total. The van der Waals surface area contributed by atoms with Gasteiger partial charge in [-0.15, -0.1) is 10.2 Å². The Balaban J connectivity index is 1.56. The molecule has 2 aromatic carbocycles. The largest absolute Gasteiger partial charge is 0.494 e. The predicted molar refractivity (Wildman–Crippen MR) is 128 cm³/mol. The summed E-state index contributed by atoms with van der Waals surface area (Å²) in [7, 11) is 0. The minimum absolute atomic E-state index is 0.0413. The van der Waals surface area contributed by atoms with Gasteiger partial charge in [-0.05, 0) is 55.5 Å². The Hall–Kier alpha value is -3.99. The highest BCUT2D eigenvalue weighted by Crippen LogP contribution is 2.29. The van der Waals surface area contributed by atoms with Gasteiger partial charge in [-0.25, -0.2) is 0 Å². The van der Waals surface area contributed by atoms with Crippen molar-refractivity contribution in [3.05, 3.63) is 72.9 Å². The number of carbonyl (C=O) groups is 1. The number of hydrogen-bond acceptors (Lipinski definition) is 7. The summed E-state index contributed by atoms with van der Waals surface area (Å²) in [4.78, 5) is 17.0. The van der Waals surface area contributed by atoms with E-state index in [1.165, 1.54) is 12.1 Å². The molecule has 1 amide bonds. The number of carbonyl (C=O) groups excluding carboxylic acids is 1. The van der Waals surface area contributed by atoms with Gasteiger partial charge in [0.05, 0.1) is 23.7 Å². The van der Waals surface area contributed by atoms with Crippen LogP contribution in [0.1, 0.15) is 6.92 Å². The molecule has 2 heterocycles. The topological polar surface area (TPSA) is 91.2 Å². The van der Waals surface area contributed by atoms with E-state index in [1.807, 2.05) is 43.3 Å². The second kappa shape index (κ2) is 11.4. The van der Waals surface area contributed by atoms with Crippen LogP contribution in [0.15, 0.2) is 78.1 Å². The molecule has 0 atom stereocenters. The van der Waals surface area contributed by atoms with Gasteiger partial charge in [0.1, 0.15) is 17.2 Å². The number of benzene rings is 2. The van der Waals surface area contributed by atoms with Crippen LogP contribution in [0, 0.1) is 0 Å². The molecule has 0 fully saturated rings. The van der Waals surface area contributed by atoms with Gasteiger partial charge in [0, 0.05) is 6.20 Å². The Kier molecular flexibility index (Phi) is 7.88. The first-order valence-corrected chi connectivity index (χ1v) is 11.6. The molecule has 4 aromatic rings. The molecular weight excluding hydrogens is 476 g/mol. The number of alkyl halides is 2. The van der Waals surface area contributed by atoms with Gasteiger partial charge in [-0.1, -0.05) is 30.0 Å². The average molecular weight is 498 g/mol. The van der Waals surface area contributed by atoms with Gasteiger partial charge in [0.2, 0.25) is 5.91 Å². The van der Waals surface area contributed by atoms with Crippen LogP contribution >= 0.6 is 11.8 Å². The molecule has 0 aliphatic carbocycles. The van der Waals surface area contributed by atoms with Crippen LogP contribution in [-0.2, 0) is 4.79 Å². The number of ether oxygens (including phenoxy) is 2. The number of amides is 1. The summed E-state index contributed by atoms with van der Waals surface area (Å²) in [5.74, 6) is 0.660. The van der Waals surface area contributed by atoms with Crippen molar-refractivity contribution in [2.75, 3.05) is 17.7 Å². The van der Waals surface area contributed by atoms with E-state index in [9.17, 15) is 13.6 Å². The Morgan fingerprint density at radius 3 is 2.54 bits per heavy atom. The van der Waals surface area contributed by atoms with Gasteiger partial charge in [0.15, 0.2) is 11.0 Å². The standard InChI is InChI=1S/C24H21F2N5O3S/c1-2-33-17-12-10-16(11-13-17)31-22(19-8-5-6-14-27-19)29-30-24(31)35-15-21(32)28-18-7-3-4-9-20(18)34-23(25)26/h3-14,23H,2,15H2,1H3,(H,28,32). The normalized spacial score (nSPS) is 10.9. The maximum atomic E-state index is 12.7. The molecule has 4 rings (SSSR count). The number of nitrogens with one attached hydrogen (secondary N) is 1. The van der Waals surface area contributed by atoms with Crippen LogP contribution in [0.3, 0.4) is 0 Å². The lowest BCUT2D eigenvalue weighted by molar-refractivity contribution is -0.113. The maximum absolute atomic E-state index is 12.7. The molecule has 2 aromatic heterocycles. The molecule has 0 saturated carbocycles. The van der Waals surface area contributed by atoms with Crippen molar-refractivity contribution < 1.29 is 23.0 Å². The SMILES string of the molecule is CCOc1ccc(-n2c(SCC(=O)Nc3ccccc3OC(F)F)nnc2-c2ccccn2)cc1. The van der Waals surface area contributed by atoms with E-state index in [4.69, 9.17) is 4.74 Å². The van der Waals surface area contributed by atoms with Crippen LogP contribution in [0.5, 0.6) is 11.5 Å². The van der Waals surface area contributed by atoms with E-state index in [-0.39, 0.29) is 17.2 Å². The van der Waals surface area contributed by atoms with Crippen LogP contribution in [0.25, 0.3) is 17.2 Å². The van der Waals surface area contributed by atoms with E-state index < -0.39 is 12.5 Å². The monoisotopic (exact) mass is 497 g/mol. The molecule has 180 valence electrons. The first-order valence-electron chi connectivity index (χ1n) is 10.6. The van der Waals surface area contributed by atoms with E-state index in [0.29, 0.717) is 23.3 Å². The maximum Gasteiger partial charge on any atom is 0.387 e. The van der Waals surface area contributed by atoms with Crippen molar-refractivity contribution in [3.63, 3.8) is 0 Å². The molecule has 0 unspecified atom stereocenters. The van der Waals surface area contributed by atoms with Crippen LogP contribution in [0.4, 0.5) is 14.5 Å². The molecule has 11 heteroatoms. The first-order chi connectivity index (χ1) is 17.0. The van der Waals surface area contributed by atoms with E-state index in [1.54, 1.807) is 29.0 Å². The Labute approximate surface area is 204 Å². The van der Waals surface area contributed by atoms with Gasteiger partial charge < -0.3 is 14.8 Å². The van der Waals surface area contributed by atoms with Crippen molar-refractivity contribution in [1.29, 1.82) is 0 Å². The van der Waals surface area contributed by atoms with E-state index in [2.05, 4.69) is 25.2 Å². The number of anilines is 1. The summed E-state index contributed by atoms with van der Waals surface area (Å²) < 4.78 is 37.1. The second-order valence-corrected chi connectivity index (χ2v) is 7.94. The molecule has 0 bridgehead atoms. The molecule has 1 N–H and O–H groups in total. The third-order valence-corrected chi connectivity index (χ3v) is 5.57. The van der Waals surface area contributed by atoms with Gasteiger partial charge >= 0.3 is 6.61 Å². The summed E-state index contributed by atoms with van der Waals surface area (Å²) in [6.07, 6.45) is 1.66. The van der Waals surface area contributed by atoms with Crippen LogP contribution in [-0.4, -0.2) is 44.6 Å². The molecular formula is C24H21F2N5O3S. The zero-order valence-electron chi connectivity index (χ0n) is 18.6. The van der Waals surface area contributed by atoms with Crippen molar-refractivity contribution in [2.24, 2.45) is 0 Å². The van der Waals surface area contributed by atoms with Crippen molar-refractivity contribution >= 4 is 23.4 Å². The highest BCUT2D eigenvalue weighted by atomic mass is 32.2. The number of hydrogen-bond donors (Lipinski definition) is 1. The molecule has 0 saturated heterocycles. The van der Waals surface area contributed by atoms with E-state index >= 15 is 0 Å². The number of rotatable bonds is 10. The smallest absolute Gasteiger partial charge is 0.387 e. The van der Waals surface area contributed by atoms with Crippen LogP contribution in [0.2, 0.25) is 0 Å². The molecule has 0 aliphatic rings. The number of thioether (sulfide) groups is 1. The Morgan fingerprint density at radius 1 is 1.06 bits per heavy atom. The number of halogens is 2. The number of nitrogens with zero attached hydrogens (tertiary/aromatic N) is 4. The lowest BCUT2D eigenvalue weighted by Crippen LogP contribution is -2.16. The summed E-state index contributed by atoms with van der Waals surface area (Å²) in [5, 5.41) is 11.6. The zero-order chi connectivity index (χ0) is 24.6. The lowest BCUT2D eigenvalue weighted by Gasteiger charge is -2.12. The lowest BCUT2D eigenvalue weighted by atomic mass is 10.3. The molecule has 0 spiro atoms. The third-order valence-electron chi connectivity index (χ3n) is 4.64. The summed E-state index contributed by atoms with van der Waals surface area (Å²) >= 11 is 1.15. The third kappa shape index (κ3) is 6.12. The second-order valence-electron chi connectivity index (χ2n) is 6.99. The molecule has 35 heavy (non-hydrogen) atoms. The average Bonchev–Trinajstić information content (AvgIpc) is 3.29. The van der Waals surface area contributed by atoms with Gasteiger partial charge in [-0.3, -0.25) is 14.3 Å². The fourth-order valence-electron chi connectivity index (χ4n) is 3.20. The van der Waals surface area contributed by atoms with E-state index in [0.717, 1.165) is 23.2 Å². The fraction of sp³-hybridized carbons (Fsp3) is 0.167. The minimum Gasteiger partial charge on any atom is -0.494 e. The number of aromatic nitrogens is 4. The van der Waals surface area contributed by atoms with Crippen molar-refractivity contribution in [3.8, 4) is 28.7 Å². The first kappa shape index (κ1) is 24.1. The molecule has 0 aliphatic heterocycles. The van der Waals surface area contributed by atoms with Gasteiger partial charge in [0.25, 0.3) is 0 Å². The quantitative estimate of drug-likeness (QED) is 0.306. The summed E-state index contributed by atoms with van der Waals surface area (Å²) in [6.45, 7) is -0.544. The predicted octanol–water partition coefficient (Wildman–Crippen LogP) is 5.06. The van der Waals surface area contributed by atoms with Gasteiger partial charge in [-0.2, -0.15) is 8.78 Å². The zero-order valence-corrected chi connectivity index (χ0v) is 19.4.